The lowest BCUT2D eigenvalue weighted by Crippen LogP contribution is -2.26. The summed E-state index contributed by atoms with van der Waals surface area (Å²) in [5, 5.41) is 0.974. The zero-order valence-corrected chi connectivity index (χ0v) is 7.32. The molecule has 0 aliphatic heterocycles. The van der Waals surface area contributed by atoms with Crippen LogP contribution in [-0.2, 0) is 4.84 Å². The highest BCUT2D eigenvalue weighted by atomic mass is 19.1. The highest BCUT2D eigenvalue weighted by Gasteiger charge is 2.12. The monoisotopic (exact) mass is 184 g/mol. The van der Waals surface area contributed by atoms with Crippen LogP contribution in [0.25, 0.3) is 0 Å². The lowest BCUT2D eigenvalue weighted by atomic mass is 10.3. The largest absolute Gasteiger partial charge is 0.295 e. The molecule has 13 heavy (non-hydrogen) atoms. The first-order valence-corrected chi connectivity index (χ1v) is 3.59. The summed E-state index contributed by atoms with van der Waals surface area (Å²) in [4.78, 5) is 19.6. The van der Waals surface area contributed by atoms with Crippen LogP contribution in [0.3, 0.4) is 0 Å². The Labute approximate surface area is 74.9 Å². The number of halogens is 1. The SMILES string of the molecule is CON(C)C(=O)c1cc(F)ccn1. The molecule has 0 bridgehead atoms. The van der Waals surface area contributed by atoms with Crippen LogP contribution in [0.15, 0.2) is 18.3 Å². The molecule has 1 amide bonds. The van der Waals surface area contributed by atoms with Crippen molar-refractivity contribution in [2.24, 2.45) is 0 Å². The fourth-order valence-electron chi connectivity index (χ4n) is 0.766. The Bertz CT molecular complexity index is 317. The first-order valence-electron chi connectivity index (χ1n) is 3.59. The molecule has 4 nitrogen and oxygen atoms in total. The third kappa shape index (κ3) is 2.22. The summed E-state index contributed by atoms with van der Waals surface area (Å²) in [6.07, 6.45) is 1.23. The van der Waals surface area contributed by atoms with Gasteiger partial charge in [0.05, 0.1) is 7.11 Å². The lowest BCUT2D eigenvalue weighted by Gasteiger charge is -2.12. The number of hydroxylamine groups is 2. The van der Waals surface area contributed by atoms with Crippen molar-refractivity contribution in [2.75, 3.05) is 14.2 Å². The number of amides is 1. The zero-order chi connectivity index (χ0) is 9.84. The molecule has 1 aromatic rings. The molecule has 0 aliphatic rings. The molecule has 0 saturated heterocycles. The summed E-state index contributed by atoms with van der Waals surface area (Å²) in [6, 6.07) is 2.22. The van der Waals surface area contributed by atoms with Gasteiger partial charge in [0, 0.05) is 19.3 Å². The van der Waals surface area contributed by atoms with Crippen molar-refractivity contribution in [3.8, 4) is 0 Å². The van der Waals surface area contributed by atoms with Gasteiger partial charge in [-0.3, -0.25) is 14.6 Å². The maximum absolute atomic E-state index is 12.6. The molecule has 0 N–H and O–H groups in total. The van der Waals surface area contributed by atoms with E-state index in [0.29, 0.717) is 0 Å². The van der Waals surface area contributed by atoms with Crippen LogP contribution in [0.4, 0.5) is 4.39 Å². The summed E-state index contributed by atoms with van der Waals surface area (Å²) < 4.78 is 12.6. The Kier molecular flexibility index (Phi) is 2.92. The van der Waals surface area contributed by atoms with E-state index >= 15 is 0 Å². The van der Waals surface area contributed by atoms with E-state index in [9.17, 15) is 9.18 Å². The van der Waals surface area contributed by atoms with Gasteiger partial charge in [0.25, 0.3) is 5.91 Å². The third-order valence-corrected chi connectivity index (χ3v) is 1.50. The van der Waals surface area contributed by atoms with Crippen LogP contribution in [0.2, 0.25) is 0 Å². The standard InChI is InChI=1S/C8H9FN2O2/c1-11(13-2)8(12)7-5-6(9)3-4-10-7/h3-5H,1-2H3. The molecule has 0 unspecified atom stereocenters. The van der Waals surface area contributed by atoms with Crippen LogP contribution >= 0.6 is 0 Å². The zero-order valence-electron chi connectivity index (χ0n) is 7.32. The molecule has 1 aromatic heterocycles. The van der Waals surface area contributed by atoms with E-state index in [1.54, 1.807) is 0 Å². The van der Waals surface area contributed by atoms with Crippen LogP contribution in [0.1, 0.15) is 10.5 Å². The van der Waals surface area contributed by atoms with Gasteiger partial charge in [-0.1, -0.05) is 0 Å². The van der Waals surface area contributed by atoms with Gasteiger partial charge in [-0.2, -0.15) is 0 Å². The van der Waals surface area contributed by atoms with Crippen molar-refractivity contribution in [2.45, 2.75) is 0 Å². The number of hydrogen-bond acceptors (Lipinski definition) is 3. The molecule has 0 fully saturated rings. The van der Waals surface area contributed by atoms with Crippen molar-refractivity contribution in [3.63, 3.8) is 0 Å². The quantitative estimate of drug-likeness (QED) is 0.640. The molecule has 0 aromatic carbocycles. The van der Waals surface area contributed by atoms with E-state index in [1.165, 1.54) is 26.4 Å². The van der Waals surface area contributed by atoms with Gasteiger partial charge in [-0.25, -0.2) is 9.45 Å². The van der Waals surface area contributed by atoms with Crippen molar-refractivity contribution in [3.05, 3.63) is 29.8 Å². The molecule has 0 radical (unpaired) electrons. The third-order valence-electron chi connectivity index (χ3n) is 1.50. The highest BCUT2D eigenvalue weighted by molar-refractivity contribution is 5.91. The van der Waals surface area contributed by atoms with Gasteiger partial charge in [0.2, 0.25) is 0 Å². The Balaban J connectivity index is 2.89. The maximum atomic E-state index is 12.6. The molecule has 1 heterocycles. The van der Waals surface area contributed by atoms with Crippen molar-refractivity contribution < 1.29 is 14.0 Å². The smallest absolute Gasteiger partial charge is 0.274 e. The van der Waals surface area contributed by atoms with E-state index in [4.69, 9.17) is 0 Å². The van der Waals surface area contributed by atoms with Crippen LogP contribution in [0.5, 0.6) is 0 Å². The molecule has 1 rings (SSSR count). The average Bonchev–Trinajstić information content (AvgIpc) is 2.15. The van der Waals surface area contributed by atoms with E-state index < -0.39 is 11.7 Å². The van der Waals surface area contributed by atoms with Gasteiger partial charge in [-0.15, -0.1) is 0 Å². The molecule has 0 spiro atoms. The second-order valence-corrected chi connectivity index (χ2v) is 2.34. The molecular formula is C8H9FN2O2. The maximum Gasteiger partial charge on any atom is 0.295 e. The summed E-state index contributed by atoms with van der Waals surface area (Å²) >= 11 is 0. The van der Waals surface area contributed by atoms with Crippen LogP contribution in [-0.4, -0.2) is 30.1 Å². The first-order chi connectivity index (χ1) is 6.15. The minimum Gasteiger partial charge on any atom is -0.274 e. The first kappa shape index (κ1) is 9.60. The number of aromatic nitrogens is 1. The number of nitrogens with zero attached hydrogens (tertiary/aromatic N) is 2. The van der Waals surface area contributed by atoms with Gasteiger partial charge in [0.1, 0.15) is 11.5 Å². The second-order valence-electron chi connectivity index (χ2n) is 2.34. The number of carbonyl (C=O) groups is 1. The summed E-state index contributed by atoms with van der Waals surface area (Å²) in [5.74, 6) is -0.982. The Morgan fingerprint density at radius 3 is 2.92 bits per heavy atom. The van der Waals surface area contributed by atoms with Crippen LogP contribution in [0, 0.1) is 5.82 Å². The van der Waals surface area contributed by atoms with E-state index in [0.717, 1.165) is 11.1 Å². The summed E-state index contributed by atoms with van der Waals surface area (Å²) in [7, 11) is 2.77. The minimum atomic E-state index is -0.497. The molecule has 0 aliphatic carbocycles. The van der Waals surface area contributed by atoms with Crippen molar-refractivity contribution >= 4 is 5.91 Å². The van der Waals surface area contributed by atoms with E-state index in [1.807, 2.05) is 0 Å². The Morgan fingerprint density at radius 1 is 1.69 bits per heavy atom. The topological polar surface area (TPSA) is 42.4 Å². The van der Waals surface area contributed by atoms with Gasteiger partial charge >= 0.3 is 0 Å². The number of hydrogen-bond donors (Lipinski definition) is 0. The highest BCUT2D eigenvalue weighted by Crippen LogP contribution is 2.02. The molecule has 0 saturated carbocycles. The summed E-state index contributed by atoms with van der Waals surface area (Å²) in [6.45, 7) is 0. The number of pyridine rings is 1. The van der Waals surface area contributed by atoms with Gasteiger partial charge < -0.3 is 0 Å². The lowest BCUT2D eigenvalue weighted by molar-refractivity contribution is -0.0760. The fourth-order valence-corrected chi connectivity index (χ4v) is 0.766. The Morgan fingerprint density at radius 2 is 2.38 bits per heavy atom. The van der Waals surface area contributed by atoms with Crippen molar-refractivity contribution in [1.29, 1.82) is 0 Å². The normalized spacial score (nSPS) is 9.77. The van der Waals surface area contributed by atoms with E-state index in [-0.39, 0.29) is 5.69 Å². The minimum absolute atomic E-state index is 0.0179. The second kappa shape index (κ2) is 3.95. The predicted molar refractivity (Wildman–Crippen MR) is 43.3 cm³/mol. The fraction of sp³-hybridized carbons (Fsp3) is 0.250. The molecule has 70 valence electrons. The molecular weight excluding hydrogens is 175 g/mol. The predicted octanol–water partition coefficient (Wildman–Crippen LogP) is 0.854. The van der Waals surface area contributed by atoms with Gasteiger partial charge in [0.15, 0.2) is 0 Å². The average molecular weight is 184 g/mol. The summed E-state index contributed by atoms with van der Waals surface area (Å²) in [5.41, 5.74) is 0.0179. The molecule has 0 atom stereocenters. The van der Waals surface area contributed by atoms with Gasteiger partial charge in [-0.05, 0) is 6.07 Å². The molecule has 5 heteroatoms. The Hall–Kier alpha value is -1.49. The number of carbonyl (C=O) groups excluding carboxylic acids is 1. The van der Waals surface area contributed by atoms with Crippen molar-refractivity contribution in [1.82, 2.24) is 10.0 Å². The number of rotatable bonds is 2. The van der Waals surface area contributed by atoms with E-state index in [2.05, 4.69) is 9.82 Å². The van der Waals surface area contributed by atoms with Crippen LogP contribution < -0.4 is 0 Å².